The topological polar surface area (TPSA) is 55.4 Å². The summed E-state index contributed by atoms with van der Waals surface area (Å²) in [4.78, 5) is 0. The van der Waals surface area contributed by atoms with Crippen molar-refractivity contribution in [2.75, 3.05) is 31.3 Å². The Morgan fingerprint density at radius 2 is 2.06 bits per heavy atom. The highest BCUT2D eigenvalue weighted by molar-refractivity contribution is 7.91. The summed E-state index contributed by atoms with van der Waals surface area (Å²) in [5, 5.41) is 3.43. The van der Waals surface area contributed by atoms with Gasteiger partial charge in [-0.3, -0.25) is 0 Å². The summed E-state index contributed by atoms with van der Waals surface area (Å²) in [5.41, 5.74) is 0. The molecule has 1 N–H and O–H groups in total. The zero-order valence-corrected chi connectivity index (χ0v) is 11.8. The molecule has 5 heteroatoms. The van der Waals surface area contributed by atoms with E-state index < -0.39 is 9.84 Å². The van der Waals surface area contributed by atoms with Gasteiger partial charge in [-0.15, -0.1) is 0 Å². The Balaban J connectivity index is 2.42. The Labute approximate surface area is 105 Å². The Morgan fingerprint density at radius 1 is 1.29 bits per heavy atom. The molecule has 2 atom stereocenters. The van der Waals surface area contributed by atoms with Gasteiger partial charge in [0, 0.05) is 18.4 Å². The predicted octanol–water partition coefficient (Wildman–Crippen LogP) is 1.22. The minimum absolute atomic E-state index is 0.302. The molecule has 0 radical (unpaired) electrons. The monoisotopic (exact) mass is 263 g/mol. The molecule has 1 rings (SSSR count). The Morgan fingerprint density at radius 3 is 2.71 bits per heavy atom. The lowest BCUT2D eigenvalue weighted by Gasteiger charge is -2.32. The number of nitrogens with one attached hydrogen (secondary N) is 1. The summed E-state index contributed by atoms with van der Waals surface area (Å²) in [7, 11) is -2.85. The van der Waals surface area contributed by atoms with Crippen molar-refractivity contribution in [1.29, 1.82) is 0 Å². The van der Waals surface area contributed by atoms with Gasteiger partial charge in [0.25, 0.3) is 0 Å². The summed E-state index contributed by atoms with van der Waals surface area (Å²) < 4.78 is 28.8. The molecule has 17 heavy (non-hydrogen) atoms. The van der Waals surface area contributed by atoms with E-state index in [4.69, 9.17) is 4.74 Å². The molecule has 102 valence electrons. The van der Waals surface area contributed by atoms with Crippen molar-refractivity contribution in [3.63, 3.8) is 0 Å². The van der Waals surface area contributed by atoms with Crippen molar-refractivity contribution in [2.24, 2.45) is 5.92 Å². The van der Waals surface area contributed by atoms with E-state index in [1.165, 1.54) is 0 Å². The quantitative estimate of drug-likeness (QED) is 0.750. The van der Waals surface area contributed by atoms with Crippen LogP contribution in [0.1, 0.15) is 33.1 Å². The molecule has 0 aromatic carbocycles. The third-order valence-electron chi connectivity index (χ3n) is 3.26. The summed E-state index contributed by atoms with van der Waals surface area (Å²) >= 11 is 0. The number of rotatable bonds is 7. The van der Waals surface area contributed by atoms with Gasteiger partial charge >= 0.3 is 0 Å². The highest BCUT2D eigenvalue weighted by Gasteiger charge is 2.26. The van der Waals surface area contributed by atoms with Gasteiger partial charge < -0.3 is 10.1 Å². The third kappa shape index (κ3) is 5.36. The molecule has 0 amide bonds. The van der Waals surface area contributed by atoms with Gasteiger partial charge in [0.1, 0.15) is 9.84 Å². The van der Waals surface area contributed by atoms with Crippen LogP contribution in [0.3, 0.4) is 0 Å². The van der Waals surface area contributed by atoms with Crippen LogP contribution in [0, 0.1) is 5.92 Å². The van der Waals surface area contributed by atoms with Crippen molar-refractivity contribution < 1.29 is 13.2 Å². The maximum absolute atomic E-state index is 11.7. The number of sulfone groups is 1. The first-order chi connectivity index (χ1) is 8.09. The largest absolute Gasteiger partial charge is 0.381 e. The van der Waals surface area contributed by atoms with Crippen molar-refractivity contribution in [2.45, 2.75) is 39.2 Å². The Hall–Kier alpha value is -0.130. The van der Waals surface area contributed by atoms with E-state index in [-0.39, 0.29) is 0 Å². The fraction of sp³-hybridized carbons (Fsp3) is 1.00. The lowest BCUT2D eigenvalue weighted by Crippen LogP contribution is -2.43. The van der Waals surface area contributed by atoms with E-state index in [1.54, 1.807) is 0 Å². The first-order valence-corrected chi connectivity index (χ1v) is 8.42. The molecule has 0 aromatic heterocycles. The van der Waals surface area contributed by atoms with Crippen LogP contribution in [0.15, 0.2) is 0 Å². The average Bonchev–Trinajstić information content (AvgIpc) is 2.28. The summed E-state index contributed by atoms with van der Waals surface area (Å²) in [5.74, 6) is 0.957. The van der Waals surface area contributed by atoms with Crippen LogP contribution in [-0.2, 0) is 14.6 Å². The predicted molar refractivity (Wildman–Crippen MR) is 70.0 cm³/mol. The highest BCUT2D eigenvalue weighted by Crippen LogP contribution is 2.19. The highest BCUT2D eigenvalue weighted by atomic mass is 32.2. The standard InChI is InChI=1S/C12H25NO3S/c1-3-8-17(14,15)9-6-11-10-16-7-5-12(11)13-4-2/h11-13H,3-10H2,1-2H3. The minimum atomic E-state index is -2.85. The third-order valence-corrected chi connectivity index (χ3v) is 5.14. The molecular weight excluding hydrogens is 238 g/mol. The van der Waals surface area contributed by atoms with E-state index in [9.17, 15) is 8.42 Å². The van der Waals surface area contributed by atoms with Crippen LogP contribution in [0.5, 0.6) is 0 Å². The second kappa shape index (κ2) is 7.34. The first-order valence-electron chi connectivity index (χ1n) is 6.60. The zero-order valence-electron chi connectivity index (χ0n) is 10.9. The van der Waals surface area contributed by atoms with Crippen molar-refractivity contribution >= 4 is 9.84 Å². The summed E-state index contributed by atoms with van der Waals surface area (Å²) in [6, 6.07) is 0.422. The molecule has 0 aromatic rings. The van der Waals surface area contributed by atoms with Gasteiger partial charge in [-0.1, -0.05) is 13.8 Å². The fourth-order valence-electron chi connectivity index (χ4n) is 2.36. The van der Waals surface area contributed by atoms with Crippen LogP contribution in [0.2, 0.25) is 0 Å². The molecule has 1 aliphatic rings. The average molecular weight is 263 g/mol. The Bertz CT molecular complexity index is 301. The van der Waals surface area contributed by atoms with Gasteiger partial charge in [-0.05, 0) is 31.7 Å². The molecule has 0 aliphatic carbocycles. The van der Waals surface area contributed by atoms with Crippen LogP contribution in [0.25, 0.3) is 0 Å². The van der Waals surface area contributed by atoms with Gasteiger partial charge in [0.15, 0.2) is 0 Å². The first kappa shape index (κ1) is 14.9. The molecular formula is C12H25NO3S. The fourth-order valence-corrected chi connectivity index (χ4v) is 3.84. The maximum Gasteiger partial charge on any atom is 0.150 e. The molecule has 1 saturated heterocycles. The smallest absolute Gasteiger partial charge is 0.150 e. The number of ether oxygens (including phenoxy) is 1. The second-order valence-corrected chi connectivity index (χ2v) is 7.03. The second-order valence-electron chi connectivity index (χ2n) is 4.73. The zero-order chi connectivity index (χ0) is 12.7. The molecule has 2 unspecified atom stereocenters. The lowest BCUT2D eigenvalue weighted by molar-refractivity contribution is 0.0314. The molecule has 0 spiro atoms. The van der Waals surface area contributed by atoms with Crippen molar-refractivity contribution in [3.05, 3.63) is 0 Å². The normalized spacial score (nSPS) is 26.0. The van der Waals surface area contributed by atoms with E-state index in [0.29, 0.717) is 36.5 Å². The lowest BCUT2D eigenvalue weighted by atomic mass is 9.93. The van der Waals surface area contributed by atoms with E-state index in [0.717, 1.165) is 26.0 Å². The van der Waals surface area contributed by atoms with Crippen LogP contribution in [0.4, 0.5) is 0 Å². The molecule has 1 fully saturated rings. The van der Waals surface area contributed by atoms with E-state index >= 15 is 0 Å². The summed E-state index contributed by atoms with van der Waals surface area (Å²) in [6.45, 7) is 6.40. The van der Waals surface area contributed by atoms with Gasteiger partial charge in [0.05, 0.1) is 12.4 Å². The van der Waals surface area contributed by atoms with E-state index in [1.807, 2.05) is 6.92 Å². The van der Waals surface area contributed by atoms with Gasteiger partial charge in [0.2, 0.25) is 0 Å². The van der Waals surface area contributed by atoms with Gasteiger partial charge in [-0.25, -0.2) is 8.42 Å². The maximum atomic E-state index is 11.7. The van der Waals surface area contributed by atoms with E-state index in [2.05, 4.69) is 12.2 Å². The molecule has 0 saturated carbocycles. The summed E-state index contributed by atoms with van der Waals surface area (Å²) in [6.07, 6.45) is 2.42. The number of hydrogen-bond acceptors (Lipinski definition) is 4. The Kier molecular flexibility index (Phi) is 6.44. The van der Waals surface area contributed by atoms with Crippen molar-refractivity contribution in [3.8, 4) is 0 Å². The minimum Gasteiger partial charge on any atom is -0.381 e. The molecule has 4 nitrogen and oxygen atoms in total. The van der Waals surface area contributed by atoms with Crippen molar-refractivity contribution in [1.82, 2.24) is 5.32 Å². The van der Waals surface area contributed by atoms with Crippen LogP contribution in [-0.4, -0.2) is 45.7 Å². The van der Waals surface area contributed by atoms with Crippen LogP contribution < -0.4 is 5.32 Å². The molecule has 1 heterocycles. The SMILES string of the molecule is CCCS(=O)(=O)CCC1COCCC1NCC. The molecule has 0 bridgehead atoms. The van der Waals surface area contributed by atoms with Gasteiger partial charge in [-0.2, -0.15) is 0 Å². The number of hydrogen-bond donors (Lipinski definition) is 1. The van der Waals surface area contributed by atoms with Crippen LogP contribution >= 0.6 is 0 Å². The molecule has 1 aliphatic heterocycles.